The van der Waals surface area contributed by atoms with Gasteiger partial charge in [0.25, 0.3) is 0 Å². The molecule has 1 saturated heterocycles. The molecule has 46 heavy (non-hydrogen) atoms. The minimum Gasteiger partial charge on any atom is -0.465 e. The Hall–Kier alpha value is -3.99. The predicted molar refractivity (Wildman–Crippen MR) is 179 cm³/mol. The number of piperidine rings is 1. The molecule has 2 aliphatic rings. The first kappa shape index (κ1) is 33.4. The van der Waals surface area contributed by atoms with Gasteiger partial charge in [0.2, 0.25) is 5.96 Å². The zero-order chi connectivity index (χ0) is 33.4. The van der Waals surface area contributed by atoms with Gasteiger partial charge in [-0.25, -0.2) is 19.5 Å². The molecule has 0 bridgehead atoms. The number of aryl methyl sites for hydroxylation is 1. The van der Waals surface area contributed by atoms with Gasteiger partial charge in [-0.3, -0.25) is 9.88 Å². The van der Waals surface area contributed by atoms with Gasteiger partial charge in [-0.15, -0.1) is 4.99 Å². The van der Waals surface area contributed by atoms with Crippen molar-refractivity contribution < 1.29 is 19.8 Å². The molecule has 248 valence electrons. The van der Waals surface area contributed by atoms with Crippen LogP contribution in [0.15, 0.2) is 47.6 Å². The van der Waals surface area contributed by atoms with Crippen molar-refractivity contribution in [3.63, 3.8) is 0 Å². The number of aliphatic imine (C=N–C) groups is 1. The van der Waals surface area contributed by atoms with E-state index in [2.05, 4.69) is 54.4 Å². The van der Waals surface area contributed by atoms with Crippen molar-refractivity contribution in [2.75, 3.05) is 13.6 Å². The second-order valence-corrected chi connectivity index (χ2v) is 14.9. The number of likely N-dealkylation sites (tertiary alicyclic amines) is 1. The van der Waals surface area contributed by atoms with Crippen LogP contribution in [0.2, 0.25) is 0 Å². The minimum atomic E-state index is -1.41. The summed E-state index contributed by atoms with van der Waals surface area (Å²) in [7, 11) is 2.15. The fourth-order valence-electron chi connectivity index (χ4n) is 7.70. The molecule has 3 aromatic rings. The zero-order valence-corrected chi connectivity index (χ0v) is 28.3. The Balaban J connectivity index is 1.53. The Labute approximate surface area is 271 Å². The fraction of sp³-hybridized carbons (Fsp3) is 0.571. The molecule has 1 aliphatic carbocycles. The van der Waals surface area contributed by atoms with Crippen LogP contribution in [-0.2, 0) is 19.5 Å². The van der Waals surface area contributed by atoms with E-state index in [1.54, 1.807) is 20.8 Å². The van der Waals surface area contributed by atoms with Crippen LogP contribution < -0.4 is 0 Å². The number of pyridine rings is 1. The Kier molecular flexibility index (Phi) is 9.45. The highest BCUT2D eigenvalue weighted by Gasteiger charge is 2.45. The molecule has 3 heterocycles. The van der Waals surface area contributed by atoms with Crippen LogP contribution in [0.3, 0.4) is 0 Å². The number of benzene rings is 1. The molecule has 2 N–H and O–H groups in total. The SMILES string of the molecule is CN(Cc1nc2ccccc2n1C[C@@H]1CCCN(C(=NC(=O)O)N(C(=O)O)C(C)(C)C)C1C(C)(C)C)[C@@H]1CCCc2cccnc21. The molecule has 1 fully saturated rings. The van der Waals surface area contributed by atoms with Crippen LogP contribution in [0.1, 0.15) is 90.3 Å². The maximum atomic E-state index is 12.6. The topological polar surface area (TPSA) is 127 Å². The van der Waals surface area contributed by atoms with Gasteiger partial charge in [-0.1, -0.05) is 39.0 Å². The summed E-state index contributed by atoms with van der Waals surface area (Å²) in [5, 5.41) is 20.1. The van der Waals surface area contributed by atoms with Crippen molar-refractivity contribution in [2.24, 2.45) is 16.3 Å². The molecule has 1 unspecified atom stereocenters. The second-order valence-electron chi connectivity index (χ2n) is 14.9. The van der Waals surface area contributed by atoms with Crippen LogP contribution in [-0.4, -0.2) is 82.8 Å². The van der Waals surface area contributed by atoms with Crippen molar-refractivity contribution in [3.05, 3.63) is 59.7 Å². The first-order valence-corrected chi connectivity index (χ1v) is 16.4. The summed E-state index contributed by atoms with van der Waals surface area (Å²) >= 11 is 0. The van der Waals surface area contributed by atoms with E-state index in [4.69, 9.17) is 9.97 Å². The number of fused-ring (bicyclic) bond motifs is 2. The van der Waals surface area contributed by atoms with E-state index in [1.165, 1.54) is 5.56 Å². The number of guanidine groups is 1. The molecule has 2 amide bonds. The van der Waals surface area contributed by atoms with E-state index in [-0.39, 0.29) is 29.4 Å². The summed E-state index contributed by atoms with van der Waals surface area (Å²) in [4.78, 5) is 43.9. The molecule has 2 aromatic heterocycles. The Morgan fingerprint density at radius 1 is 1.02 bits per heavy atom. The first-order chi connectivity index (χ1) is 21.7. The third-order valence-corrected chi connectivity index (χ3v) is 9.40. The number of para-hydroxylation sites is 2. The first-order valence-electron chi connectivity index (χ1n) is 16.4. The summed E-state index contributed by atoms with van der Waals surface area (Å²) < 4.78 is 2.33. The third kappa shape index (κ3) is 6.89. The highest BCUT2D eigenvalue weighted by atomic mass is 16.4. The van der Waals surface area contributed by atoms with Crippen LogP contribution in [0.4, 0.5) is 9.59 Å². The van der Waals surface area contributed by atoms with Crippen LogP contribution in [0.25, 0.3) is 11.0 Å². The normalized spacial score (nSPS) is 21.0. The van der Waals surface area contributed by atoms with Crippen LogP contribution >= 0.6 is 0 Å². The molecule has 0 spiro atoms. The van der Waals surface area contributed by atoms with Crippen LogP contribution in [0.5, 0.6) is 0 Å². The molecular formula is C35H49N7O4. The molecule has 1 aliphatic heterocycles. The lowest BCUT2D eigenvalue weighted by Crippen LogP contribution is -2.63. The van der Waals surface area contributed by atoms with Gasteiger partial charge in [-0.2, -0.15) is 0 Å². The highest BCUT2D eigenvalue weighted by Crippen LogP contribution is 2.40. The van der Waals surface area contributed by atoms with Gasteiger partial charge in [0.15, 0.2) is 0 Å². The summed E-state index contributed by atoms with van der Waals surface area (Å²) in [5.41, 5.74) is 3.24. The number of hydrogen-bond acceptors (Lipinski definition) is 5. The molecule has 3 atom stereocenters. The van der Waals surface area contributed by atoms with E-state index in [1.807, 2.05) is 35.4 Å². The molecule has 1 aromatic carbocycles. The fourth-order valence-corrected chi connectivity index (χ4v) is 7.70. The quantitative estimate of drug-likeness (QED) is 0.230. The van der Waals surface area contributed by atoms with Gasteiger partial charge in [0.1, 0.15) is 5.82 Å². The van der Waals surface area contributed by atoms with Crippen molar-refractivity contribution in [2.45, 2.75) is 104 Å². The Morgan fingerprint density at radius 2 is 1.76 bits per heavy atom. The molecular weight excluding hydrogens is 582 g/mol. The van der Waals surface area contributed by atoms with Crippen LogP contribution in [0, 0.1) is 11.3 Å². The summed E-state index contributed by atoms with van der Waals surface area (Å²) in [6, 6.07) is 12.4. The molecule has 11 nitrogen and oxygen atoms in total. The van der Waals surface area contributed by atoms with Crippen molar-refractivity contribution in [1.29, 1.82) is 0 Å². The predicted octanol–water partition coefficient (Wildman–Crippen LogP) is 6.88. The maximum Gasteiger partial charge on any atom is 0.434 e. The van der Waals surface area contributed by atoms with Crippen molar-refractivity contribution in [3.8, 4) is 0 Å². The number of carbonyl (C=O) groups is 2. The number of aromatic nitrogens is 3. The number of imidazole rings is 1. The van der Waals surface area contributed by atoms with E-state index in [9.17, 15) is 19.8 Å². The van der Waals surface area contributed by atoms with Gasteiger partial charge < -0.3 is 19.7 Å². The average Bonchev–Trinajstić information content (AvgIpc) is 3.31. The average molecular weight is 632 g/mol. The smallest absolute Gasteiger partial charge is 0.434 e. The van der Waals surface area contributed by atoms with Gasteiger partial charge >= 0.3 is 12.2 Å². The second kappa shape index (κ2) is 13.0. The largest absolute Gasteiger partial charge is 0.465 e. The summed E-state index contributed by atoms with van der Waals surface area (Å²) in [5.74, 6) is 1.01. The lowest BCUT2D eigenvalue weighted by atomic mass is 9.74. The van der Waals surface area contributed by atoms with E-state index in [0.717, 1.165) is 59.6 Å². The molecule has 0 radical (unpaired) electrons. The molecule has 0 saturated carbocycles. The maximum absolute atomic E-state index is 12.6. The number of rotatable bonds is 5. The van der Waals surface area contributed by atoms with Crippen molar-refractivity contribution >= 4 is 29.2 Å². The lowest BCUT2D eigenvalue weighted by Gasteiger charge is -2.51. The summed E-state index contributed by atoms with van der Waals surface area (Å²) in [6.07, 6.45) is 4.15. The number of carboxylic acid groups (broad SMARTS) is 2. The molecule has 11 heteroatoms. The van der Waals surface area contributed by atoms with E-state index >= 15 is 0 Å². The Bertz CT molecular complexity index is 1600. The third-order valence-electron chi connectivity index (χ3n) is 9.40. The number of amides is 2. The zero-order valence-electron chi connectivity index (χ0n) is 28.3. The molecule has 5 rings (SSSR count). The van der Waals surface area contributed by atoms with E-state index in [0.29, 0.717) is 19.6 Å². The van der Waals surface area contributed by atoms with Crippen molar-refractivity contribution in [1.82, 2.24) is 29.2 Å². The standard InChI is InChI=1S/C35H49N7O4/c1-34(2,3)30-24(15-12-20-40(30)31(38-32(43)44)42(33(45)46)35(4,5)6)21-41-26-17-9-8-16-25(26)37-28(41)22-39(7)27-18-10-13-23-14-11-19-36-29(23)27/h8-9,11,14,16-17,19,24,27,30H,10,12-13,15,18,20-22H2,1-7H3,(H,43,44)(H,45,46)/t24-,27+,30?/m0/s1. The monoisotopic (exact) mass is 631 g/mol. The highest BCUT2D eigenvalue weighted by molar-refractivity contribution is 5.99. The van der Waals surface area contributed by atoms with Gasteiger partial charge in [0, 0.05) is 30.9 Å². The van der Waals surface area contributed by atoms with Gasteiger partial charge in [0.05, 0.1) is 29.3 Å². The lowest BCUT2D eigenvalue weighted by molar-refractivity contribution is 0.0421. The minimum absolute atomic E-state index is 0.0314. The van der Waals surface area contributed by atoms with Gasteiger partial charge in [-0.05, 0) is 95.0 Å². The Morgan fingerprint density at radius 3 is 2.43 bits per heavy atom. The number of nitrogens with zero attached hydrogens (tertiary/aromatic N) is 7. The summed E-state index contributed by atoms with van der Waals surface area (Å²) in [6.45, 7) is 13.5. The number of hydrogen-bond donors (Lipinski definition) is 2. The van der Waals surface area contributed by atoms with E-state index < -0.39 is 17.7 Å².